The SMILES string of the molecule is Cc1cc(=O)c2c(n1-c1ccccc1)CCCC2. The van der Waals surface area contributed by atoms with Gasteiger partial charge in [0, 0.05) is 28.7 Å². The summed E-state index contributed by atoms with van der Waals surface area (Å²) >= 11 is 0. The van der Waals surface area contributed by atoms with Crippen LogP contribution in [0.5, 0.6) is 0 Å². The number of hydrogen-bond acceptors (Lipinski definition) is 1. The van der Waals surface area contributed by atoms with E-state index in [1.165, 1.54) is 12.1 Å². The molecule has 1 aliphatic rings. The second-order valence-electron chi connectivity index (χ2n) is 4.95. The number of aryl methyl sites for hydroxylation is 1. The van der Waals surface area contributed by atoms with E-state index in [0.717, 1.165) is 36.2 Å². The molecule has 0 fully saturated rings. The van der Waals surface area contributed by atoms with E-state index in [-0.39, 0.29) is 5.43 Å². The van der Waals surface area contributed by atoms with Gasteiger partial charge in [-0.3, -0.25) is 4.79 Å². The van der Waals surface area contributed by atoms with Crippen molar-refractivity contribution in [1.82, 2.24) is 4.57 Å². The first-order valence-corrected chi connectivity index (χ1v) is 6.57. The standard InChI is InChI=1S/C16H17NO/c1-12-11-16(18)14-9-5-6-10-15(14)17(12)13-7-3-2-4-8-13/h2-4,7-8,11H,5-6,9-10H2,1H3. The van der Waals surface area contributed by atoms with Crippen molar-refractivity contribution in [3.8, 4) is 5.69 Å². The van der Waals surface area contributed by atoms with E-state index in [0.29, 0.717) is 0 Å². The second-order valence-corrected chi connectivity index (χ2v) is 4.95. The Morgan fingerprint density at radius 1 is 1.06 bits per heavy atom. The fourth-order valence-electron chi connectivity index (χ4n) is 2.89. The molecule has 0 unspecified atom stereocenters. The number of benzene rings is 1. The van der Waals surface area contributed by atoms with Gasteiger partial charge in [0.15, 0.2) is 5.43 Å². The Bertz CT molecular complexity index is 626. The highest BCUT2D eigenvalue weighted by molar-refractivity contribution is 5.40. The van der Waals surface area contributed by atoms with Gasteiger partial charge in [0.25, 0.3) is 0 Å². The predicted octanol–water partition coefficient (Wildman–Crippen LogP) is 3.02. The molecule has 1 aromatic carbocycles. The number of pyridine rings is 1. The Labute approximate surface area is 107 Å². The van der Waals surface area contributed by atoms with Crippen molar-refractivity contribution in [2.45, 2.75) is 32.6 Å². The minimum Gasteiger partial charge on any atom is -0.318 e. The molecule has 92 valence electrons. The zero-order valence-electron chi connectivity index (χ0n) is 10.6. The monoisotopic (exact) mass is 239 g/mol. The molecule has 1 heterocycles. The molecule has 2 nitrogen and oxygen atoms in total. The van der Waals surface area contributed by atoms with E-state index in [9.17, 15) is 4.79 Å². The molecule has 3 rings (SSSR count). The van der Waals surface area contributed by atoms with Crippen molar-refractivity contribution in [3.05, 3.63) is 63.6 Å². The Balaban J connectivity index is 2.29. The van der Waals surface area contributed by atoms with Gasteiger partial charge < -0.3 is 4.57 Å². The topological polar surface area (TPSA) is 22.0 Å². The molecular weight excluding hydrogens is 222 g/mol. The third-order valence-corrected chi connectivity index (χ3v) is 3.71. The fourth-order valence-corrected chi connectivity index (χ4v) is 2.89. The van der Waals surface area contributed by atoms with Crippen molar-refractivity contribution >= 4 is 0 Å². The van der Waals surface area contributed by atoms with Crippen LogP contribution < -0.4 is 5.43 Å². The van der Waals surface area contributed by atoms with Crippen LogP contribution in [0.15, 0.2) is 41.2 Å². The Morgan fingerprint density at radius 3 is 2.56 bits per heavy atom. The summed E-state index contributed by atoms with van der Waals surface area (Å²) in [5.74, 6) is 0. The van der Waals surface area contributed by atoms with Crippen LogP contribution in [-0.4, -0.2) is 4.57 Å². The van der Waals surface area contributed by atoms with E-state index in [2.05, 4.69) is 16.7 Å². The fraction of sp³-hybridized carbons (Fsp3) is 0.312. The normalized spacial score (nSPS) is 14.3. The zero-order chi connectivity index (χ0) is 12.5. The van der Waals surface area contributed by atoms with Gasteiger partial charge in [-0.1, -0.05) is 18.2 Å². The van der Waals surface area contributed by atoms with Crippen LogP contribution in [-0.2, 0) is 12.8 Å². The molecule has 0 radical (unpaired) electrons. The summed E-state index contributed by atoms with van der Waals surface area (Å²) in [6.45, 7) is 2.02. The van der Waals surface area contributed by atoms with Gasteiger partial charge in [-0.2, -0.15) is 0 Å². The molecule has 1 aliphatic carbocycles. The smallest absolute Gasteiger partial charge is 0.185 e. The summed E-state index contributed by atoms with van der Waals surface area (Å²) in [4.78, 5) is 12.1. The van der Waals surface area contributed by atoms with Crippen LogP contribution in [0.2, 0.25) is 0 Å². The molecule has 0 bridgehead atoms. The first kappa shape index (κ1) is 11.3. The Morgan fingerprint density at radius 2 is 1.78 bits per heavy atom. The molecule has 0 saturated carbocycles. The summed E-state index contributed by atoms with van der Waals surface area (Å²) in [6.07, 6.45) is 4.27. The lowest BCUT2D eigenvalue weighted by molar-refractivity contribution is 0.640. The van der Waals surface area contributed by atoms with E-state index in [4.69, 9.17) is 0 Å². The van der Waals surface area contributed by atoms with Crippen molar-refractivity contribution in [2.75, 3.05) is 0 Å². The summed E-state index contributed by atoms with van der Waals surface area (Å²) in [7, 11) is 0. The van der Waals surface area contributed by atoms with Gasteiger partial charge in [-0.15, -0.1) is 0 Å². The van der Waals surface area contributed by atoms with Crippen LogP contribution in [0, 0.1) is 6.92 Å². The number of hydrogen-bond donors (Lipinski definition) is 0. The molecule has 0 saturated heterocycles. The summed E-state index contributed by atoms with van der Waals surface area (Å²) in [5, 5.41) is 0. The van der Waals surface area contributed by atoms with E-state index in [1.54, 1.807) is 6.07 Å². The molecule has 0 atom stereocenters. The van der Waals surface area contributed by atoms with Crippen molar-refractivity contribution in [3.63, 3.8) is 0 Å². The Kier molecular flexibility index (Phi) is 2.78. The number of para-hydroxylation sites is 1. The van der Waals surface area contributed by atoms with Gasteiger partial charge in [0.2, 0.25) is 0 Å². The maximum Gasteiger partial charge on any atom is 0.185 e. The van der Waals surface area contributed by atoms with Crippen molar-refractivity contribution in [2.24, 2.45) is 0 Å². The molecule has 2 heteroatoms. The van der Waals surface area contributed by atoms with E-state index in [1.807, 2.05) is 25.1 Å². The maximum atomic E-state index is 12.1. The van der Waals surface area contributed by atoms with Crippen LogP contribution in [0.1, 0.15) is 29.8 Å². The van der Waals surface area contributed by atoms with Gasteiger partial charge in [-0.05, 0) is 44.7 Å². The number of aromatic nitrogens is 1. The second kappa shape index (κ2) is 4.45. The molecule has 2 aromatic rings. The van der Waals surface area contributed by atoms with Crippen molar-refractivity contribution in [1.29, 1.82) is 0 Å². The summed E-state index contributed by atoms with van der Waals surface area (Å²) in [5.41, 5.74) is 4.66. The predicted molar refractivity (Wildman–Crippen MR) is 73.4 cm³/mol. The van der Waals surface area contributed by atoms with E-state index >= 15 is 0 Å². The third kappa shape index (κ3) is 1.78. The molecule has 0 amide bonds. The largest absolute Gasteiger partial charge is 0.318 e. The molecule has 0 N–H and O–H groups in total. The Hall–Kier alpha value is -1.83. The lowest BCUT2D eigenvalue weighted by atomic mass is 9.94. The molecule has 18 heavy (non-hydrogen) atoms. The van der Waals surface area contributed by atoms with Gasteiger partial charge in [0.05, 0.1) is 0 Å². The lowest BCUT2D eigenvalue weighted by Crippen LogP contribution is -2.23. The van der Waals surface area contributed by atoms with Crippen molar-refractivity contribution < 1.29 is 0 Å². The number of rotatable bonds is 1. The van der Waals surface area contributed by atoms with Gasteiger partial charge >= 0.3 is 0 Å². The third-order valence-electron chi connectivity index (χ3n) is 3.71. The first-order valence-electron chi connectivity index (χ1n) is 6.57. The molecule has 0 aliphatic heterocycles. The average molecular weight is 239 g/mol. The maximum absolute atomic E-state index is 12.1. The van der Waals surface area contributed by atoms with Crippen LogP contribution in [0.4, 0.5) is 0 Å². The average Bonchev–Trinajstić information content (AvgIpc) is 2.40. The highest BCUT2D eigenvalue weighted by Gasteiger charge is 2.17. The quantitative estimate of drug-likeness (QED) is 0.749. The van der Waals surface area contributed by atoms with Gasteiger partial charge in [0.1, 0.15) is 0 Å². The van der Waals surface area contributed by atoms with Crippen LogP contribution in [0.3, 0.4) is 0 Å². The van der Waals surface area contributed by atoms with Crippen LogP contribution in [0.25, 0.3) is 5.69 Å². The van der Waals surface area contributed by atoms with E-state index < -0.39 is 0 Å². The minimum absolute atomic E-state index is 0.217. The lowest BCUT2D eigenvalue weighted by Gasteiger charge is -2.23. The molecular formula is C16H17NO. The summed E-state index contributed by atoms with van der Waals surface area (Å²) < 4.78 is 2.25. The number of fused-ring (bicyclic) bond motifs is 1. The minimum atomic E-state index is 0.217. The highest BCUT2D eigenvalue weighted by Crippen LogP contribution is 2.23. The number of nitrogens with zero attached hydrogens (tertiary/aromatic N) is 1. The van der Waals surface area contributed by atoms with Crippen LogP contribution >= 0.6 is 0 Å². The molecule has 1 aromatic heterocycles. The van der Waals surface area contributed by atoms with Gasteiger partial charge in [-0.25, -0.2) is 0 Å². The first-order chi connectivity index (χ1) is 8.77. The summed E-state index contributed by atoms with van der Waals surface area (Å²) in [6, 6.07) is 12.1. The zero-order valence-corrected chi connectivity index (χ0v) is 10.6. The molecule has 0 spiro atoms. The highest BCUT2D eigenvalue weighted by atomic mass is 16.1.